The van der Waals surface area contributed by atoms with Crippen molar-refractivity contribution in [3.8, 4) is 0 Å². The van der Waals surface area contributed by atoms with Crippen LogP contribution in [0.2, 0.25) is 5.02 Å². The second-order valence-corrected chi connectivity index (χ2v) is 12.2. The lowest BCUT2D eigenvalue weighted by molar-refractivity contribution is -0.145. The number of likely N-dealkylation sites (tertiary alicyclic amines) is 1. The van der Waals surface area contributed by atoms with E-state index < -0.39 is 41.5 Å². The van der Waals surface area contributed by atoms with Crippen molar-refractivity contribution in [1.29, 1.82) is 0 Å². The van der Waals surface area contributed by atoms with Crippen molar-refractivity contribution in [2.45, 2.75) is 55.4 Å². The van der Waals surface area contributed by atoms with Crippen molar-refractivity contribution >= 4 is 50.9 Å². The largest absolute Gasteiger partial charge is 0.394 e. The Balaban J connectivity index is 1.49. The van der Waals surface area contributed by atoms with Gasteiger partial charge < -0.3 is 25.4 Å². The monoisotopic (exact) mass is 603 g/mol. The highest BCUT2D eigenvalue weighted by molar-refractivity contribution is 9.09. The first-order chi connectivity index (χ1) is 18.2. The van der Waals surface area contributed by atoms with Gasteiger partial charge >= 0.3 is 0 Å². The summed E-state index contributed by atoms with van der Waals surface area (Å²) in [5, 5.41) is 16.7. The predicted octanol–water partition coefficient (Wildman–Crippen LogP) is 3.36. The lowest BCUT2D eigenvalue weighted by atomic mass is 9.70. The Labute approximate surface area is 235 Å². The van der Waals surface area contributed by atoms with Gasteiger partial charge in [0.2, 0.25) is 17.7 Å². The zero-order valence-corrected chi connectivity index (χ0v) is 23.5. The van der Waals surface area contributed by atoms with Crippen molar-refractivity contribution in [2.24, 2.45) is 17.8 Å². The maximum absolute atomic E-state index is 14.1. The first kappa shape index (κ1) is 27.1. The maximum Gasteiger partial charge on any atom is 0.250 e. The molecule has 2 aromatic carbocycles. The second-order valence-electron chi connectivity index (χ2n) is 10.6. The number of hydrogen-bond acceptors (Lipinski definition) is 5. The van der Waals surface area contributed by atoms with Crippen LogP contribution in [0.4, 0.5) is 5.69 Å². The van der Waals surface area contributed by atoms with E-state index in [1.54, 1.807) is 24.3 Å². The van der Waals surface area contributed by atoms with Crippen LogP contribution in [-0.4, -0.2) is 63.0 Å². The molecule has 1 spiro atoms. The SMILES string of the molecule is CC(C)[C@H](CO)N1C(=O)[C@@H]2[C@@H](C(=O)NCc3ccccc3)[C@@H]3OC2(CC3Br)C1C(=O)Nc1ccc(Cl)cc1. The van der Waals surface area contributed by atoms with Gasteiger partial charge in [-0.05, 0) is 42.2 Å². The molecule has 7 atom stereocenters. The van der Waals surface area contributed by atoms with Crippen molar-refractivity contribution in [2.75, 3.05) is 11.9 Å². The van der Waals surface area contributed by atoms with E-state index in [1.807, 2.05) is 44.2 Å². The number of nitrogens with one attached hydrogen (secondary N) is 2. The van der Waals surface area contributed by atoms with Crippen molar-refractivity contribution in [3.63, 3.8) is 0 Å². The molecule has 3 unspecified atom stereocenters. The third-order valence-electron chi connectivity index (χ3n) is 8.01. The van der Waals surface area contributed by atoms with Gasteiger partial charge in [0.15, 0.2) is 0 Å². The van der Waals surface area contributed by atoms with E-state index >= 15 is 0 Å². The minimum atomic E-state index is -1.20. The number of benzene rings is 2. The molecule has 3 aliphatic rings. The van der Waals surface area contributed by atoms with Crippen LogP contribution in [0.5, 0.6) is 0 Å². The topological polar surface area (TPSA) is 108 Å². The van der Waals surface area contributed by atoms with Crippen LogP contribution in [0.3, 0.4) is 0 Å². The molecule has 2 bridgehead atoms. The number of nitrogens with zero attached hydrogens (tertiary/aromatic N) is 1. The van der Waals surface area contributed by atoms with E-state index in [0.29, 0.717) is 23.7 Å². The summed E-state index contributed by atoms with van der Waals surface area (Å²) in [6, 6.07) is 14.6. The Morgan fingerprint density at radius 2 is 1.84 bits per heavy atom. The number of ether oxygens (including phenoxy) is 1. The molecule has 3 aliphatic heterocycles. The van der Waals surface area contributed by atoms with Crippen LogP contribution < -0.4 is 10.6 Å². The molecule has 8 nitrogen and oxygen atoms in total. The van der Waals surface area contributed by atoms with Gasteiger partial charge in [0.1, 0.15) is 11.6 Å². The number of aliphatic hydroxyl groups excluding tert-OH is 1. The fourth-order valence-corrected chi connectivity index (χ4v) is 7.36. The summed E-state index contributed by atoms with van der Waals surface area (Å²) in [4.78, 5) is 42.9. The average Bonchev–Trinajstić information content (AvgIpc) is 3.48. The number of alkyl halides is 1. The van der Waals surface area contributed by atoms with Crippen molar-refractivity contribution in [3.05, 3.63) is 65.2 Å². The van der Waals surface area contributed by atoms with E-state index in [1.165, 1.54) is 4.90 Å². The molecule has 0 aromatic heterocycles. The molecule has 38 heavy (non-hydrogen) atoms. The fourth-order valence-electron chi connectivity index (χ4n) is 6.29. The number of aliphatic hydroxyl groups is 1. The predicted molar refractivity (Wildman–Crippen MR) is 147 cm³/mol. The van der Waals surface area contributed by atoms with E-state index in [-0.39, 0.29) is 29.2 Å². The molecular weight excluding hydrogens is 574 g/mol. The van der Waals surface area contributed by atoms with Gasteiger partial charge in [-0.15, -0.1) is 0 Å². The molecule has 5 rings (SSSR count). The van der Waals surface area contributed by atoms with E-state index in [2.05, 4.69) is 26.6 Å². The number of carbonyl (C=O) groups excluding carboxylic acids is 3. The summed E-state index contributed by atoms with van der Waals surface area (Å²) in [5.74, 6) is -2.79. The number of rotatable bonds is 8. The molecule has 202 valence electrons. The fraction of sp³-hybridized carbons (Fsp3) is 0.464. The van der Waals surface area contributed by atoms with Crippen molar-refractivity contribution < 1.29 is 24.2 Å². The zero-order valence-electron chi connectivity index (χ0n) is 21.1. The standard InChI is InChI=1S/C28H31BrClN3O5/c1-15(2)20(14-34)33-24(26(36)32-18-10-8-17(30)9-11-18)28-12-19(29)23(38-28)21(22(28)27(33)37)25(35)31-13-16-6-4-3-5-7-16/h3-11,15,19-24,34H,12-14H2,1-2H3,(H,31,35)(H,32,36)/t19?,20-,21+,22-,23+,24?,28?/m0/s1. The highest BCUT2D eigenvalue weighted by atomic mass is 79.9. The van der Waals surface area contributed by atoms with E-state index in [9.17, 15) is 19.5 Å². The Hall–Kier alpha value is -2.46. The van der Waals surface area contributed by atoms with Gasteiger partial charge in [0.25, 0.3) is 0 Å². The summed E-state index contributed by atoms with van der Waals surface area (Å²) in [6.07, 6.45) is -0.165. The van der Waals surface area contributed by atoms with E-state index in [4.69, 9.17) is 16.3 Å². The Kier molecular flexibility index (Phi) is 7.57. The van der Waals surface area contributed by atoms with Gasteiger partial charge in [-0.2, -0.15) is 0 Å². The summed E-state index contributed by atoms with van der Waals surface area (Å²) >= 11 is 9.68. The lowest BCUT2D eigenvalue weighted by Crippen LogP contribution is -2.57. The van der Waals surface area contributed by atoms with Gasteiger partial charge in [-0.1, -0.05) is 71.7 Å². The van der Waals surface area contributed by atoms with Crippen LogP contribution in [0.1, 0.15) is 25.8 Å². The first-order valence-corrected chi connectivity index (χ1v) is 14.1. The summed E-state index contributed by atoms with van der Waals surface area (Å²) in [5.41, 5.74) is 0.260. The summed E-state index contributed by atoms with van der Waals surface area (Å²) in [7, 11) is 0. The molecule has 3 fully saturated rings. The molecule has 3 N–H and O–H groups in total. The number of fused-ring (bicyclic) bond motifs is 1. The van der Waals surface area contributed by atoms with E-state index in [0.717, 1.165) is 5.56 Å². The van der Waals surface area contributed by atoms with Crippen LogP contribution in [-0.2, 0) is 25.7 Å². The Morgan fingerprint density at radius 3 is 2.47 bits per heavy atom. The molecule has 10 heteroatoms. The molecule has 0 aliphatic carbocycles. The Bertz CT molecular complexity index is 1210. The summed E-state index contributed by atoms with van der Waals surface area (Å²) < 4.78 is 6.51. The maximum atomic E-state index is 14.1. The highest BCUT2D eigenvalue weighted by Crippen LogP contribution is 2.60. The zero-order chi connectivity index (χ0) is 27.2. The molecule has 0 saturated carbocycles. The number of hydrogen-bond donors (Lipinski definition) is 3. The third-order valence-corrected chi connectivity index (χ3v) is 9.11. The van der Waals surface area contributed by atoms with Gasteiger partial charge in [-0.25, -0.2) is 0 Å². The number of amides is 3. The summed E-state index contributed by atoms with van der Waals surface area (Å²) in [6.45, 7) is 3.79. The quantitative estimate of drug-likeness (QED) is 0.401. The highest BCUT2D eigenvalue weighted by Gasteiger charge is 2.77. The van der Waals surface area contributed by atoms with Crippen LogP contribution in [0.15, 0.2) is 54.6 Å². The number of carbonyl (C=O) groups is 3. The minimum absolute atomic E-state index is 0.132. The number of anilines is 1. The minimum Gasteiger partial charge on any atom is -0.394 e. The molecule has 3 amide bonds. The number of halogens is 2. The normalized spacial score (nSPS) is 30.4. The van der Waals surface area contributed by atoms with Crippen LogP contribution in [0.25, 0.3) is 0 Å². The van der Waals surface area contributed by atoms with Crippen LogP contribution >= 0.6 is 27.5 Å². The second kappa shape index (κ2) is 10.6. The third kappa shape index (κ3) is 4.53. The Morgan fingerprint density at radius 1 is 1.16 bits per heavy atom. The molecule has 2 aromatic rings. The lowest BCUT2D eigenvalue weighted by Gasteiger charge is -2.38. The van der Waals surface area contributed by atoms with Crippen molar-refractivity contribution in [1.82, 2.24) is 10.2 Å². The molecular formula is C28H31BrClN3O5. The first-order valence-electron chi connectivity index (χ1n) is 12.8. The van der Waals surface area contributed by atoms with Gasteiger partial charge in [-0.3, -0.25) is 14.4 Å². The van der Waals surface area contributed by atoms with Gasteiger partial charge in [0.05, 0.1) is 30.6 Å². The molecule has 3 heterocycles. The van der Waals surface area contributed by atoms with Crippen LogP contribution in [0, 0.1) is 17.8 Å². The molecule has 0 radical (unpaired) electrons. The smallest absolute Gasteiger partial charge is 0.250 e. The molecule has 3 saturated heterocycles. The average molecular weight is 605 g/mol. The van der Waals surface area contributed by atoms with Gasteiger partial charge in [0, 0.05) is 22.1 Å².